The van der Waals surface area contributed by atoms with E-state index in [1.165, 1.54) is 162 Å². The van der Waals surface area contributed by atoms with Crippen LogP contribution in [0.15, 0.2) is 484 Å². The summed E-state index contributed by atoms with van der Waals surface area (Å²) in [5, 5.41) is 61.0. The standard InChI is InChI=1S/C49H33N3.C46H27N3O.C42H25N3S/c1-49(2)41-25-10-9-21-38(41)45-39(24-12-26-42(45)49)47-36-19-7-8-20-37(36)48(51-50-47)52-43-27-13-23-35(34-22-11-17-30-14-5-6-18-33(30)34)46(43)40-28-31-15-3-4-16-32(31)29-44(40)52;1-2-12-29-25-32(24-23-28(29)11-1)33-18-9-20-39-43(33)38-26-30-13-3-4-14-31(30)27-40(38)49(39)46-35-16-6-5-15-34(35)45(47-48-46)37-19-10-22-42-44(37)36-17-7-8-21-41(36)50-42;1-2-10-26(11-3-1)29-19-21-37-35(23-29)36-22-27-12-4-5-13-28(27)24-38(36)45(37)42-34-16-7-6-15-33(34)41(43-44-42)30-18-20-32-31-14-8-9-17-39(31)46-40(32)25-30/h3-29H,1-2H3;1-27H;1-25H. The Morgan fingerprint density at radius 3 is 1.26 bits per heavy atom. The zero-order chi connectivity index (χ0) is 97.5. The molecule has 0 saturated heterocycles. The van der Waals surface area contributed by atoms with Crippen molar-refractivity contribution in [3.63, 3.8) is 0 Å². The van der Waals surface area contributed by atoms with Crippen LogP contribution >= 0.6 is 11.3 Å². The van der Waals surface area contributed by atoms with Crippen LogP contribution in [0.2, 0.25) is 0 Å². The van der Waals surface area contributed by atoms with Crippen LogP contribution in [0.5, 0.6) is 0 Å². The van der Waals surface area contributed by atoms with Gasteiger partial charge in [0.15, 0.2) is 17.5 Å². The third-order valence-electron chi connectivity index (χ3n) is 31.0. The normalized spacial score (nSPS) is 12.4. The molecule has 11 heteroatoms. The largest absolute Gasteiger partial charge is 0.456 e. The molecule has 8 aromatic heterocycles. The predicted molar refractivity (Wildman–Crippen MR) is 620 cm³/mol. The molecule has 0 bridgehead atoms. The Bertz CT molecular complexity index is 11100. The second-order valence-electron chi connectivity index (χ2n) is 39.5. The van der Waals surface area contributed by atoms with Crippen LogP contribution in [0.3, 0.4) is 0 Å². The second kappa shape index (κ2) is 33.5. The lowest BCUT2D eigenvalue weighted by atomic mass is 9.82. The molecule has 31 aromatic rings. The van der Waals surface area contributed by atoms with E-state index in [0.717, 1.165) is 139 Å². The van der Waals surface area contributed by atoms with Gasteiger partial charge in [-0.1, -0.05) is 402 Å². The first kappa shape index (κ1) is 84.5. The summed E-state index contributed by atoms with van der Waals surface area (Å²) in [7, 11) is 0. The van der Waals surface area contributed by atoms with Crippen molar-refractivity contribution in [3.05, 3.63) is 490 Å². The second-order valence-corrected chi connectivity index (χ2v) is 40.6. The molecule has 0 unspecified atom stereocenters. The van der Waals surface area contributed by atoms with E-state index in [0.29, 0.717) is 0 Å². The Labute approximate surface area is 852 Å². The van der Waals surface area contributed by atoms with Gasteiger partial charge in [-0.15, -0.1) is 41.9 Å². The van der Waals surface area contributed by atoms with Gasteiger partial charge in [0.05, 0.1) is 33.1 Å². The number of hydrogen-bond donors (Lipinski definition) is 0. The van der Waals surface area contributed by atoms with Gasteiger partial charge in [0.2, 0.25) is 0 Å². The van der Waals surface area contributed by atoms with Gasteiger partial charge in [0.1, 0.15) is 28.2 Å². The third-order valence-corrected chi connectivity index (χ3v) is 32.1. The lowest BCUT2D eigenvalue weighted by Gasteiger charge is -2.21. The maximum Gasteiger partial charge on any atom is 0.168 e. The maximum absolute atomic E-state index is 6.26. The Hall–Kier alpha value is -19.2. The highest BCUT2D eigenvalue weighted by Gasteiger charge is 2.38. The number of furan rings is 1. The van der Waals surface area contributed by atoms with Gasteiger partial charge in [-0.25, -0.2) is 0 Å². The lowest BCUT2D eigenvalue weighted by Crippen LogP contribution is -2.14. The third kappa shape index (κ3) is 13.2. The minimum absolute atomic E-state index is 0.0986. The highest BCUT2D eigenvalue weighted by Crippen LogP contribution is 2.55. The van der Waals surface area contributed by atoms with Crippen molar-refractivity contribution in [2.45, 2.75) is 19.3 Å². The molecule has 148 heavy (non-hydrogen) atoms. The average molecular weight is 1910 g/mol. The summed E-state index contributed by atoms with van der Waals surface area (Å²) in [5.74, 6) is 2.47. The summed E-state index contributed by atoms with van der Waals surface area (Å²) in [6.45, 7) is 4.65. The van der Waals surface area contributed by atoms with Crippen molar-refractivity contribution >= 4 is 205 Å². The van der Waals surface area contributed by atoms with Gasteiger partial charge in [0, 0.05) is 118 Å². The molecule has 1 aliphatic carbocycles. The number of rotatable bonds is 9. The Kier molecular flexibility index (Phi) is 19.1. The molecular formula is C137H85N9OS. The van der Waals surface area contributed by atoms with Gasteiger partial charge in [-0.3, -0.25) is 13.7 Å². The highest BCUT2D eigenvalue weighted by atomic mass is 32.1. The van der Waals surface area contributed by atoms with E-state index in [1.54, 1.807) is 0 Å². The summed E-state index contributed by atoms with van der Waals surface area (Å²) in [5.41, 5.74) is 26.6. The van der Waals surface area contributed by atoms with Gasteiger partial charge in [-0.05, 0) is 200 Å². The molecule has 0 fully saturated rings. The van der Waals surface area contributed by atoms with Gasteiger partial charge >= 0.3 is 0 Å². The van der Waals surface area contributed by atoms with Crippen LogP contribution in [0.4, 0.5) is 0 Å². The molecule has 690 valence electrons. The minimum atomic E-state index is -0.0986. The summed E-state index contributed by atoms with van der Waals surface area (Å²) in [6, 6.07) is 172. The molecule has 8 heterocycles. The fourth-order valence-electron chi connectivity index (χ4n) is 24.2. The first-order valence-electron chi connectivity index (χ1n) is 50.4. The predicted octanol–water partition coefficient (Wildman–Crippen LogP) is 36.5. The highest BCUT2D eigenvalue weighted by molar-refractivity contribution is 7.25. The average Bonchev–Trinajstić information content (AvgIpc) is 1.56. The minimum Gasteiger partial charge on any atom is -0.456 e. The fourth-order valence-corrected chi connectivity index (χ4v) is 25.3. The molecule has 23 aromatic carbocycles. The van der Waals surface area contributed by atoms with Crippen LogP contribution in [0, 0.1) is 0 Å². The first-order valence-corrected chi connectivity index (χ1v) is 51.2. The first-order chi connectivity index (χ1) is 73.2. The van der Waals surface area contributed by atoms with E-state index in [1.807, 2.05) is 35.6 Å². The molecule has 1 aliphatic rings. The molecule has 0 amide bonds. The van der Waals surface area contributed by atoms with E-state index in [2.05, 4.69) is 483 Å². The number of thiophene rings is 1. The molecule has 0 spiro atoms. The molecule has 0 radical (unpaired) electrons. The summed E-state index contributed by atoms with van der Waals surface area (Å²) < 4.78 is 15.8. The zero-order valence-electron chi connectivity index (χ0n) is 80.5. The summed E-state index contributed by atoms with van der Waals surface area (Å²) in [6.07, 6.45) is 0. The molecular weight excluding hydrogens is 1820 g/mol. The zero-order valence-corrected chi connectivity index (χ0v) is 81.3. The van der Waals surface area contributed by atoms with E-state index < -0.39 is 0 Å². The quantitative estimate of drug-likeness (QED) is 0.142. The number of aromatic nitrogens is 9. The number of fused-ring (bicyclic) bond motifs is 26. The molecule has 32 rings (SSSR count). The van der Waals surface area contributed by atoms with Gasteiger partial charge < -0.3 is 4.42 Å². The molecule has 0 saturated carbocycles. The van der Waals surface area contributed by atoms with Crippen LogP contribution in [0.25, 0.3) is 289 Å². The van der Waals surface area contributed by atoms with Crippen molar-refractivity contribution in [1.82, 2.24) is 44.3 Å². The van der Waals surface area contributed by atoms with Crippen molar-refractivity contribution in [3.8, 4) is 95.7 Å². The Balaban J connectivity index is 0.000000103. The summed E-state index contributed by atoms with van der Waals surface area (Å²) >= 11 is 1.83. The van der Waals surface area contributed by atoms with Crippen LogP contribution < -0.4 is 0 Å². The van der Waals surface area contributed by atoms with Crippen molar-refractivity contribution in [1.29, 1.82) is 0 Å². The Morgan fingerprint density at radius 2 is 0.608 bits per heavy atom. The van der Waals surface area contributed by atoms with Gasteiger partial charge in [-0.2, -0.15) is 0 Å². The molecule has 0 aliphatic heterocycles. The van der Waals surface area contributed by atoms with Gasteiger partial charge in [0.25, 0.3) is 0 Å². The smallest absolute Gasteiger partial charge is 0.168 e. The van der Waals surface area contributed by atoms with Crippen molar-refractivity contribution in [2.75, 3.05) is 0 Å². The summed E-state index contributed by atoms with van der Waals surface area (Å²) in [4.78, 5) is 0. The van der Waals surface area contributed by atoms with Crippen molar-refractivity contribution < 1.29 is 4.42 Å². The molecule has 0 atom stereocenters. The van der Waals surface area contributed by atoms with Crippen LogP contribution in [0.1, 0.15) is 25.0 Å². The SMILES string of the molecule is CC1(C)c2ccccc2-c2c(-c3nnc(-n4c5cc6ccccc6cc5c5c(-c6cccc7ccccc67)cccc54)c4ccccc34)cccc21.c1ccc(-c2ccc3c(c2)c2cc4ccccc4cc2n3-c2nnc(-c3ccc4c(c3)sc3ccccc34)c3ccccc23)cc1.c1ccc2cc(-c3cccc4c3c3cc5ccccc5cc3n4-c3nnc(-c4cccc5oc6ccccc6c45)c4ccccc34)ccc2c1. The number of hydrogen-bond acceptors (Lipinski definition) is 8. The maximum atomic E-state index is 6.26. The van der Waals surface area contributed by atoms with E-state index >= 15 is 0 Å². The number of nitrogens with zero attached hydrogens (tertiary/aromatic N) is 9. The van der Waals surface area contributed by atoms with E-state index in [-0.39, 0.29) is 5.41 Å². The number of benzene rings is 23. The van der Waals surface area contributed by atoms with Crippen LogP contribution in [-0.4, -0.2) is 44.3 Å². The molecule has 10 nitrogen and oxygen atoms in total. The van der Waals surface area contributed by atoms with Crippen LogP contribution in [-0.2, 0) is 5.41 Å². The topological polar surface area (TPSA) is 105 Å². The van der Waals surface area contributed by atoms with E-state index in [9.17, 15) is 0 Å². The fraction of sp³-hybridized carbons (Fsp3) is 0.0219. The number of para-hydroxylation sites is 1. The molecule has 0 N–H and O–H groups in total. The monoisotopic (exact) mass is 1900 g/mol. The lowest BCUT2D eigenvalue weighted by molar-refractivity contribution is 0.660. The Morgan fingerprint density at radius 1 is 0.196 bits per heavy atom. The van der Waals surface area contributed by atoms with Crippen molar-refractivity contribution in [2.24, 2.45) is 0 Å². The van der Waals surface area contributed by atoms with E-state index in [4.69, 9.17) is 35.0 Å².